The van der Waals surface area contributed by atoms with Gasteiger partial charge in [-0.25, -0.2) is 0 Å². The molecule has 0 heterocycles. The number of hydrogen-bond donors (Lipinski definition) is 1. The first-order valence-electron chi connectivity index (χ1n) is 7.08. The minimum atomic E-state index is 0.122. The van der Waals surface area contributed by atoms with Gasteiger partial charge in [-0.15, -0.1) is 0 Å². The topological polar surface area (TPSA) is 35.2 Å². The Hall–Kier alpha value is -1.22. The summed E-state index contributed by atoms with van der Waals surface area (Å²) in [5.41, 5.74) is 9.64. The molecule has 0 saturated carbocycles. The van der Waals surface area contributed by atoms with Gasteiger partial charge in [-0.3, -0.25) is 0 Å². The van der Waals surface area contributed by atoms with Crippen molar-refractivity contribution in [3.8, 4) is 5.75 Å². The highest BCUT2D eigenvalue weighted by Gasteiger charge is 2.17. The molecule has 110 valence electrons. The molecule has 3 rings (SSSR count). The van der Waals surface area contributed by atoms with Crippen LogP contribution in [0.5, 0.6) is 5.75 Å². The fourth-order valence-electron chi connectivity index (χ4n) is 2.70. The summed E-state index contributed by atoms with van der Waals surface area (Å²) in [7, 11) is 0. The van der Waals surface area contributed by atoms with E-state index >= 15 is 0 Å². The third-order valence-electron chi connectivity index (χ3n) is 3.89. The molecule has 0 bridgehead atoms. The molecule has 0 aromatic heterocycles. The lowest BCUT2D eigenvalue weighted by Gasteiger charge is -2.22. The number of aryl methyl sites for hydroxylation is 1. The van der Waals surface area contributed by atoms with E-state index in [0.29, 0.717) is 16.7 Å². The lowest BCUT2D eigenvalue weighted by Crippen LogP contribution is -2.17. The summed E-state index contributed by atoms with van der Waals surface area (Å²) in [4.78, 5) is 0. The van der Waals surface area contributed by atoms with Crippen molar-refractivity contribution in [2.45, 2.75) is 31.9 Å². The fraction of sp³-hybridized carbons (Fsp3) is 0.294. The molecule has 0 saturated heterocycles. The largest absolute Gasteiger partial charge is 0.489 e. The first kappa shape index (κ1) is 14.7. The second-order valence-electron chi connectivity index (χ2n) is 5.38. The molecule has 2 aromatic rings. The van der Waals surface area contributed by atoms with Crippen molar-refractivity contribution in [2.75, 3.05) is 0 Å². The Morgan fingerprint density at radius 3 is 2.81 bits per heavy atom. The minimum absolute atomic E-state index is 0.122. The summed E-state index contributed by atoms with van der Waals surface area (Å²) >= 11 is 12.0. The van der Waals surface area contributed by atoms with Crippen LogP contribution >= 0.6 is 23.2 Å². The SMILES string of the molecule is NC1CCCc2ccc(OCc3ccc(Cl)cc3Cl)cc21. The molecule has 21 heavy (non-hydrogen) atoms. The van der Waals surface area contributed by atoms with Gasteiger partial charge in [0.1, 0.15) is 12.4 Å². The number of halogens is 2. The van der Waals surface area contributed by atoms with E-state index in [2.05, 4.69) is 12.1 Å². The quantitative estimate of drug-likeness (QED) is 0.871. The zero-order chi connectivity index (χ0) is 14.8. The van der Waals surface area contributed by atoms with Gasteiger partial charge in [-0.2, -0.15) is 0 Å². The van der Waals surface area contributed by atoms with Crippen LogP contribution in [0.3, 0.4) is 0 Å². The van der Waals surface area contributed by atoms with Gasteiger partial charge in [0, 0.05) is 21.7 Å². The number of rotatable bonds is 3. The Labute approximate surface area is 134 Å². The van der Waals surface area contributed by atoms with E-state index in [1.165, 1.54) is 11.1 Å². The van der Waals surface area contributed by atoms with Gasteiger partial charge < -0.3 is 10.5 Å². The van der Waals surface area contributed by atoms with Crippen LogP contribution in [0, 0.1) is 0 Å². The second kappa shape index (κ2) is 6.27. The third kappa shape index (κ3) is 3.34. The van der Waals surface area contributed by atoms with E-state index in [-0.39, 0.29) is 6.04 Å². The van der Waals surface area contributed by atoms with Crippen LogP contribution in [0.25, 0.3) is 0 Å². The average molecular weight is 322 g/mol. The number of ether oxygens (including phenoxy) is 1. The zero-order valence-corrected chi connectivity index (χ0v) is 13.1. The molecule has 0 amide bonds. The van der Waals surface area contributed by atoms with E-state index in [1.54, 1.807) is 6.07 Å². The van der Waals surface area contributed by atoms with Crippen LogP contribution in [0.1, 0.15) is 35.6 Å². The van der Waals surface area contributed by atoms with Crippen LogP contribution in [-0.4, -0.2) is 0 Å². The van der Waals surface area contributed by atoms with Crippen molar-refractivity contribution >= 4 is 23.2 Å². The molecule has 1 unspecified atom stereocenters. The third-order valence-corrected chi connectivity index (χ3v) is 4.47. The lowest BCUT2D eigenvalue weighted by atomic mass is 9.88. The molecule has 0 radical (unpaired) electrons. The van der Waals surface area contributed by atoms with Crippen molar-refractivity contribution < 1.29 is 4.74 Å². The molecule has 1 aliphatic carbocycles. The van der Waals surface area contributed by atoms with Crippen molar-refractivity contribution in [3.05, 3.63) is 63.1 Å². The fourth-order valence-corrected chi connectivity index (χ4v) is 3.17. The van der Waals surface area contributed by atoms with E-state index in [1.807, 2.05) is 18.2 Å². The number of hydrogen-bond acceptors (Lipinski definition) is 2. The van der Waals surface area contributed by atoms with Gasteiger partial charge in [-0.1, -0.05) is 35.3 Å². The first-order chi connectivity index (χ1) is 10.1. The van der Waals surface area contributed by atoms with Crippen molar-refractivity contribution in [1.82, 2.24) is 0 Å². The van der Waals surface area contributed by atoms with Crippen molar-refractivity contribution in [3.63, 3.8) is 0 Å². The second-order valence-corrected chi connectivity index (χ2v) is 6.23. The van der Waals surface area contributed by atoms with E-state index in [4.69, 9.17) is 33.7 Å². The van der Waals surface area contributed by atoms with Crippen LogP contribution in [0.2, 0.25) is 10.0 Å². The highest BCUT2D eigenvalue weighted by molar-refractivity contribution is 6.35. The van der Waals surface area contributed by atoms with Crippen LogP contribution in [-0.2, 0) is 13.0 Å². The standard InChI is InChI=1S/C17H17Cl2NO/c18-13-6-4-12(16(19)8-13)10-21-14-7-5-11-2-1-3-17(20)15(11)9-14/h4-9,17H,1-3,10,20H2. The monoisotopic (exact) mass is 321 g/mol. The Kier molecular flexibility index (Phi) is 4.39. The minimum Gasteiger partial charge on any atom is -0.489 e. The highest BCUT2D eigenvalue weighted by atomic mass is 35.5. The van der Waals surface area contributed by atoms with E-state index < -0.39 is 0 Å². The maximum atomic E-state index is 6.17. The zero-order valence-electron chi connectivity index (χ0n) is 11.6. The smallest absolute Gasteiger partial charge is 0.120 e. The maximum Gasteiger partial charge on any atom is 0.120 e. The molecular formula is C17H17Cl2NO. The summed E-state index contributed by atoms with van der Waals surface area (Å²) in [5, 5.41) is 1.25. The molecule has 4 heteroatoms. The van der Waals surface area contributed by atoms with Gasteiger partial charge in [0.15, 0.2) is 0 Å². The first-order valence-corrected chi connectivity index (χ1v) is 7.84. The number of fused-ring (bicyclic) bond motifs is 1. The Bertz CT molecular complexity index is 657. The normalized spacial score (nSPS) is 17.4. The predicted octanol–water partition coefficient (Wildman–Crippen LogP) is 4.91. The predicted molar refractivity (Wildman–Crippen MR) is 87.1 cm³/mol. The molecule has 1 aliphatic rings. The van der Waals surface area contributed by atoms with E-state index in [0.717, 1.165) is 30.6 Å². The summed E-state index contributed by atoms with van der Waals surface area (Å²) < 4.78 is 5.84. The molecule has 2 N–H and O–H groups in total. The summed E-state index contributed by atoms with van der Waals surface area (Å²) in [6.07, 6.45) is 3.31. The molecule has 2 nitrogen and oxygen atoms in total. The number of benzene rings is 2. The van der Waals surface area contributed by atoms with Crippen LogP contribution < -0.4 is 10.5 Å². The van der Waals surface area contributed by atoms with Crippen molar-refractivity contribution in [2.24, 2.45) is 5.73 Å². The van der Waals surface area contributed by atoms with Gasteiger partial charge >= 0.3 is 0 Å². The van der Waals surface area contributed by atoms with Crippen molar-refractivity contribution in [1.29, 1.82) is 0 Å². The lowest BCUT2D eigenvalue weighted by molar-refractivity contribution is 0.305. The Balaban J connectivity index is 1.75. The van der Waals surface area contributed by atoms with Gasteiger partial charge in [0.05, 0.1) is 0 Å². The molecule has 0 aliphatic heterocycles. The summed E-state index contributed by atoms with van der Waals surface area (Å²) in [6.45, 7) is 0.421. The molecular weight excluding hydrogens is 305 g/mol. The molecule has 0 fully saturated rings. The maximum absolute atomic E-state index is 6.17. The van der Waals surface area contributed by atoms with Gasteiger partial charge in [0.25, 0.3) is 0 Å². The number of nitrogens with two attached hydrogens (primary N) is 1. The Morgan fingerprint density at radius 1 is 1.14 bits per heavy atom. The molecule has 2 aromatic carbocycles. The highest BCUT2D eigenvalue weighted by Crippen LogP contribution is 2.31. The Morgan fingerprint density at radius 2 is 2.00 bits per heavy atom. The summed E-state index contributed by atoms with van der Waals surface area (Å²) in [6, 6.07) is 11.7. The average Bonchev–Trinajstić information content (AvgIpc) is 2.47. The van der Waals surface area contributed by atoms with Crippen LogP contribution in [0.15, 0.2) is 36.4 Å². The molecule has 0 spiro atoms. The van der Waals surface area contributed by atoms with Gasteiger partial charge in [0.2, 0.25) is 0 Å². The van der Waals surface area contributed by atoms with Crippen LogP contribution in [0.4, 0.5) is 0 Å². The van der Waals surface area contributed by atoms with E-state index in [9.17, 15) is 0 Å². The summed E-state index contributed by atoms with van der Waals surface area (Å²) in [5.74, 6) is 0.831. The molecule has 1 atom stereocenters. The van der Waals surface area contributed by atoms with Gasteiger partial charge in [-0.05, 0) is 54.7 Å².